The van der Waals surface area contributed by atoms with Gasteiger partial charge in [-0.05, 0) is 61.4 Å². The zero-order chi connectivity index (χ0) is 25.2. The van der Waals surface area contributed by atoms with E-state index in [2.05, 4.69) is 4.98 Å². The number of benzene rings is 2. The Kier molecular flexibility index (Phi) is 6.68. The topological polar surface area (TPSA) is 73.6 Å². The second kappa shape index (κ2) is 9.69. The summed E-state index contributed by atoms with van der Waals surface area (Å²) in [5.41, 5.74) is 1.33. The van der Waals surface area contributed by atoms with Crippen molar-refractivity contribution >= 4 is 17.0 Å². The van der Waals surface area contributed by atoms with Gasteiger partial charge < -0.3 is 19.1 Å². The summed E-state index contributed by atoms with van der Waals surface area (Å²) in [6, 6.07) is 15.4. The number of halogens is 3. The third-order valence-electron chi connectivity index (χ3n) is 5.57. The van der Waals surface area contributed by atoms with Gasteiger partial charge in [-0.2, -0.15) is 13.2 Å². The maximum Gasteiger partial charge on any atom is 0.416 e. The number of hydrogen-bond donors (Lipinski definition) is 1. The monoisotopic (exact) mass is 484 g/mol. The first-order valence-electron chi connectivity index (χ1n) is 10.9. The van der Waals surface area contributed by atoms with Crippen LogP contribution in [-0.4, -0.2) is 26.7 Å². The molecule has 0 bridgehead atoms. The van der Waals surface area contributed by atoms with Gasteiger partial charge in [-0.15, -0.1) is 0 Å². The molecule has 9 heteroatoms. The van der Waals surface area contributed by atoms with Crippen LogP contribution < -0.4 is 9.47 Å². The minimum absolute atomic E-state index is 0.0699. The molecule has 0 saturated heterocycles. The molecule has 0 aliphatic heterocycles. The van der Waals surface area contributed by atoms with E-state index < -0.39 is 23.8 Å². The van der Waals surface area contributed by atoms with Gasteiger partial charge in [0.05, 0.1) is 16.6 Å². The number of aromatic nitrogens is 2. The highest BCUT2D eigenvalue weighted by molar-refractivity contribution is 5.86. The highest BCUT2D eigenvalue weighted by Crippen LogP contribution is 2.38. The minimum atomic E-state index is -4.48. The average molecular weight is 484 g/mol. The normalized spacial score (nSPS) is 12.5. The Hall–Kier alpha value is -4.01. The number of carboxylic acids is 1. The van der Waals surface area contributed by atoms with Crippen LogP contribution >= 0.6 is 0 Å². The summed E-state index contributed by atoms with van der Waals surface area (Å²) in [5.74, 6) is -0.123. The SMILES string of the molecule is CCC(Oc1cccc(Cn2c(C)c(Oc3cccc(C(F)(F)F)c3)c3cccnc32)c1)C(=O)O. The molecular formula is C26H23F3N2O4. The molecule has 0 aliphatic rings. The standard InChI is InChI=1S/C26H23F3N2O4/c1-3-22(25(32)33)34-19-9-4-7-17(13-19)15-31-16(2)23(21-11-6-12-30-24(21)31)35-20-10-5-8-18(14-20)26(27,28)29/h4-14,22H,3,15H2,1-2H3,(H,32,33). The third-order valence-corrected chi connectivity index (χ3v) is 5.57. The van der Waals surface area contributed by atoms with Crippen LogP contribution in [0.25, 0.3) is 11.0 Å². The molecule has 182 valence electrons. The number of carbonyl (C=O) groups is 1. The van der Waals surface area contributed by atoms with Crippen molar-refractivity contribution in [3.8, 4) is 17.2 Å². The highest BCUT2D eigenvalue weighted by atomic mass is 19.4. The Morgan fingerprint density at radius 1 is 1.09 bits per heavy atom. The lowest BCUT2D eigenvalue weighted by molar-refractivity contribution is -0.145. The lowest BCUT2D eigenvalue weighted by Crippen LogP contribution is -2.25. The van der Waals surface area contributed by atoms with E-state index in [9.17, 15) is 23.1 Å². The van der Waals surface area contributed by atoms with Crippen molar-refractivity contribution in [2.75, 3.05) is 0 Å². The smallest absolute Gasteiger partial charge is 0.416 e. The lowest BCUT2D eigenvalue weighted by Gasteiger charge is -2.15. The molecule has 0 saturated carbocycles. The fourth-order valence-corrected chi connectivity index (χ4v) is 3.81. The first-order valence-corrected chi connectivity index (χ1v) is 10.9. The van der Waals surface area contributed by atoms with E-state index in [4.69, 9.17) is 9.47 Å². The van der Waals surface area contributed by atoms with E-state index in [-0.39, 0.29) is 5.75 Å². The van der Waals surface area contributed by atoms with Gasteiger partial charge in [-0.25, -0.2) is 9.78 Å². The van der Waals surface area contributed by atoms with Crippen LogP contribution in [0.4, 0.5) is 13.2 Å². The molecule has 1 N–H and O–H groups in total. The number of alkyl halides is 3. The molecule has 4 aromatic rings. The Labute approximate surface area is 199 Å². The minimum Gasteiger partial charge on any atom is -0.479 e. The summed E-state index contributed by atoms with van der Waals surface area (Å²) in [4.78, 5) is 15.8. The van der Waals surface area contributed by atoms with E-state index >= 15 is 0 Å². The number of nitrogens with zero attached hydrogens (tertiary/aromatic N) is 2. The number of ether oxygens (including phenoxy) is 2. The lowest BCUT2D eigenvalue weighted by atomic mass is 10.2. The van der Waals surface area contributed by atoms with Gasteiger partial charge in [0.25, 0.3) is 0 Å². The van der Waals surface area contributed by atoms with Crippen molar-refractivity contribution in [1.82, 2.24) is 9.55 Å². The fourth-order valence-electron chi connectivity index (χ4n) is 3.81. The van der Waals surface area contributed by atoms with E-state index in [0.29, 0.717) is 41.2 Å². The molecule has 1 atom stereocenters. The molecule has 1 unspecified atom stereocenters. The van der Waals surface area contributed by atoms with Gasteiger partial charge in [0.2, 0.25) is 0 Å². The van der Waals surface area contributed by atoms with Crippen molar-refractivity contribution in [2.45, 2.75) is 39.1 Å². The van der Waals surface area contributed by atoms with E-state index in [1.54, 1.807) is 43.5 Å². The molecule has 2 aromatic heterocycles. The van der Waals surface area contributed by atoms with Crippen molar-refractivity contribution < 1.29 is 32.5 Å². The number of carboxylic acid groups (broad SMARTS) is 1. The number of rotatable bonds is 8. The molecule has 4 rings (SSSR count). The average Bonchev–Trinajstić information content (AvgIpc) is 3.08. The van der Waals surface area contributed by atoms with Gasteiger partial charge in [-0.1, -0.05) is 25.1 Å². The van der Waals surface area contributed by atoms with Crippen molar-refractivity contribution in [2.24, 2.45) is 0 Å². The predicted octanol–water partition coefficient (Wildman–Crippen LogP) is 6.45. The second-order valence-corrected chi connectivity index (χ2v) is 8.00. The van der Waals surface area contributed by atoms with Crippen LogP contribution in [0.2, 0.25) is 0 Å². The maximum absolute atomic E-state index is 13.2. The Balaban J connectivity index is 1.68. The maximum atomic E-state index is 13.2. The number of pyridine rings is 1. The molecule has 0 fully saturated rings. The molecule has 2 aromatic carbocycles. The molecule has 2 heterocycles. The van der Waals surface area contributed by atoms with Crippen LogP contribution in [0.15, 0.2) is 66.9 Å². The molecule has 6 nitrogen and oxygen atoms in total. The predicted molar refractivity (Wildman–Crippen MR) is 124 cm³/mol. The van der Waals surface area contributed by atoms with Crippen molar-refractivity contribution in [1.29, 1.82) is 0 Å². The largest absolute Gasteiger partial charge is 0.479 e. The molecule has 35 heavy (non-hydrogen) atoms. The van der Waals surface area contributed by atoms with Crippen molar-refractivity contribution in [3.63, 3.8) is 0 Å². The summed E-state index contributed by atoms with van der Waals surface area (Å²) >= 11 is 0. The Morgan fingerprint density at radius 2 is 1.83 bits per heavy atom. The van der Waals surface area contributed by atoms with Gasteiger partial charge in [-0.3, -0.25) is 0 Å². The zero-order valence-electron chi connectivity index (χ0n) is 19.0. The summed E-state index contributed by atoms with van der Waals surface area (Å²) in [6.07, 6.45) is -3.48. The van der Waals surface area contributed by atoms with Crippen LogP contribution in [0, 0.1) is 6.92 Å². The number of aliphatic carboxylic acids is 1. The van der Waals surface area contributed by atoms with Crippen LogP contribution in [-0.2, 0) is 17.5 Å². The summed E-state index contributed by atoms with van der Waals surface area (Å²) < 4.78 is 52.9. The number of fused-ring (bicyclic) bond motifs is 1. The second-order valence-electron chi connectivity index (χ2n) is 8.00. The fraction of sp³-hybridized carbons (Fsp3) is 0.231. The van der Waals surface area contributed by atoms with Gasteiger partial charge >= 0.3 is 12.1 Å². The van der Waals surface area contributed by atoms with E-state index in [1.165, 1.54) is 12.1 Å². The van der Waals surface area contributed by atoms with Crippen LogP contribution in [0.3, 0.4) is 0 Å². The molecule has 0 radical (unpaired) electrons. The molecule has 0 spiro atoms. The summed E-state index contributed by atoms with van der Waals surface area (Å²) in [7, 11) is 0. The Bertz CT molecular complexity index is 1360. The first kappa shape index (κ1) is 24.1. The third kappa shape index (κ3) is 5.24. The van der Waals surface area contributed by atoms with Gasteiger partial charge in [0.15, 0.2) is 11.9 Å². The summed E-state index contributed by atoms with van der Waals surface area (Å²) in [5, 5.41) is 9.92. The summed E-state index contributed by atoms with van der Waals surface area (Å²) in [6.45, 7) is 3.91. The number of hydrogen-bond acceptors (Lipinski definition) is 4. The van der Waals surface area contributed by atoms with Crippen molar-refractivity contribution in [3.05, 3.63) is 83.7 Å². The zero-order valence-corrected chi connectivity index (χ0v) is 19.0. The highest BCUT2D eigenvalue weighted by Gasteiger charge is 2.31. The van der Waals surface area contributed by atoms with Gasteiger partial charge in [0, 0.05) is 12.7 Å². The molecular weight excluding hydrogens is 461 g/mol. The van der Waals surface area contributed by atoms with E-state index in [0.717, 1.165) is 17.7 Å². The Morgan fingerprint density at radius 3 is 2.54 bits per heavy atom. The van der Waals surface area contributed by atoms with Crippen LogP contribution in [0.5, 0.6) is 17.2 Å². The molecule has 0 amide bonds. The van der Waals surface area contributed by atoms with Crippen LogP contribution in [0.1, 0.15) is 30.2 Å². The quantitative estimate of drug-likeness (QED) is 0.311. The first-order chi connectivity index (χ1) is 16.7. The molecule has 0 aliphatic carbocycles. The van der Waals surface area contributed by atoms with E-state index in [1.807, 2.05) is 17.6 Å². The van der Waals surface area contributed by atoms with Gasteiger partial charge in [0.1, 0.15) is 17.1 Å².